The highest BCUT2D eigenvalue weighted by Crippen LogP contribution is 2.64. The molecule has 1 saturated heterocycles. The van der Waals surface area contributed by atoms with Crippen molar-refractivity contribution < 1.29 is 19.5 Å². The predicted molar refractivity (Wildman–Crippen MR) is 94.2 cm³/mol. The summed E-state index contributed by atoms with van der Waals surface area (Å²) < 4.78 is 0.262. The number of carboxylic acid groups (broad SMARTS) is 1. The average Bonchev–Trinajstić information content (AvgIpc) is 2.81. The van der Waals surface area contributed by atoms with Crippen LogP contribution in [0.2, 0.25) is 0 Å². The molecule has 0 aromatic heterocycles. The first-order chi connectivity index (χ1) is 10.4. The summed E-state index contributed by atoms with van der Waals surface area (Å²) >= 11 is 1.95. The van der Waals surface area contributed by atoms with Crippen molar-refractivity contribution in [1.82, 2.24) is 10.2 Å². The van der Waals surface area contributed by atoms with Gasteiger partial charge >= 0.3 is 5.97 Å². The highest BCUT2D eigenvalue weighted by atomic mass is 127. The van der Waals surface area contributed by atoms with Crippen molar-refractivity contribution in [3.63, 3.8) is 0 Å². The summed E-state index contributed by atoms with van der Waals surface area (Å²) in [5.41, 5.74) is -0.508. The van der Waals surface area contributed by atoms with Crippen molar-refractivity contribution in [2.75, 3.05) is 11.0 Å². The molecule has 1 aliphatic heterocycles. The summed E-state index contributed by atoms with van der Waals surface area (Å²) in [6.45, 7) is 10.2. The lowest BCUT2D eigenvalue weighted by molar-refractivity contribution is -0.152. The number of alkyl halides is 1. The van der Waals surface area contributed by atoms with E-state index in [0.29, 0.717) is 6.54 Å². The molecule has 130 valence electrons. The van der Waals surface area contributed by atoms with Gasteiger partial charge in [0.25, 0.3) is 0 Å². The molecule has 1 heterocycles. The maximum absolute atomic E-state index is 13.0. The molecule has 2 fully saturated rings. The highest BCUT2D eigenvalue weighted by Gasteiger charge is 2.70. The average molecular weight is 436 g/mol. The number of hydrogen-bond donors (Lipinski definition) is 2. The largest absolute Gasteiger partial charge is 0.480 e. The van der Waals surface area contributed by atoms with Gasteiger partial charge in [-0.15, -0.1) is 0 Å². The zero-order valence-corrected chi connectivity index (χ0v) is 16.4. The van der Waals surface area contributed by atoms with Crippen LogP contribution in [0.5, 0.6) is 0 Å². The van der Waals surface area contributed by atoms with E-state index in [2.05, 4.69) is 19.2 Å². The quantitative estimate of drug-likeness (QED) is 0.517. The van der Waals surface area contributed by atoms with Gasteiger partial charge in [-0.2, -0.15) is 0 Å². The van der Waals surface area contributed by atoms with E-state index in [-0.39, 0.29) is 33.5 Å². The monoisotopic (exact) mass is 436 g/mol. The molecule has 0 bridgehead atoms. The number of rotatable bonds is 4. The predicted octanol–water partition coefficient (Wildman–Crippen LogP) is 1.52. The van der Waals surface area contributed by atoms with Crippen molar-refractivity contribution in [3.05, 3.63) is 0 Å². The standard InChI is InChI=1S/C16H25IN2O4/c1-15(2,3)12(18-9(20)6-17)13(21)19-7-8-10(16(8,4)5)11(19)14(22)23/h8,10-12H,6-7H2,1-5H3,(H,18,20)(H,22,23)/t8?,10?,11-,12+/m0/s1. The molecule has 0 radical (unpaired) electrons. The molecule has 2 aliphatic rings. The smallest absolute Gasteiger partial charge is 0.326 e. The van der Waals surface area contributed by atoms with Gasteiger partial charge in [-0.1, -0.05) is 57.2 Å². The van der Waals surface area contributed by atoms with Gasteiger partial charge in [0, 0.05) is 12.5 Å². The molecule has 23 heavy (non-hydrogen) atoms. The van der Waals surface area contributed by atoms with E-state index in [9.17, 15) is 19.5 Å². The summed E-state index contributed by atoms with van der Waals surface area (Å²) in [6.07, 6.45) is 0. The number of carbonyl (C=O) groups excluding carboxylic acids is 2. The molecule has 0 spiro atoms. The second-order valence-electron chi connectivity index (χ2n) is 8.23. The Labute approximate surface area is 150 Å². The third-order valence-corrected chi connectivity index (χ3v) is 5.98. The Morgan fingerprint density at radius 2 is 1.91 bits per heavy atom. The maximum Gasteiger partial charge on any atom is 0.326 e. The van der Waals surface area contributed by atoms with Gasteiger partial charge in [0.05, 0.1) is 4.43 Å². The summed E-state index contributed by atoms with van der Waals surface area (Å²) in [4.78, 5) is 37.9. The van der Waals surface area contributed by atoms with Crippen molar-refractivity contribution in [2.24, 2.45) is 22.7 Å². The first kappa shape index (κ1) is 18.5. The summed E-state index contributed by atoms with van der Waals surface area (Å²) in [5, 5.41) is 12.4. The van der Waals surface area contributed by atoms with Crippen LogP contribution in [0.1, 0.15) is 34.6 Å². The molecular weight excluding hydrogens is 411 g/mol. The number of amides is 2. The van der Waals surface area contributed by atoms with Gasteiger partial charge in [0.1, 0.15) is 12.1 Å². The fraction of sp³-hybridized carbons (Fsp3) is 0.812. The second-order valence-corrected chi connectivity index (χ2v) is 8.99. The van der Waals surface area contributed by atoms with Crippen molar-refractivity contribution >= 4 is 40.4 Å². The highest BCUT2D eigenvalue weighted by molar-refractivity contribution is 14.1. The number of hydrogen-bond acceptors (Lipinski definition) is 3. The number of halogens is 1. The van der Waals surface area contributed by atoms with E-state index in [4.69, 9.17) is 0 Å². The number of nitrogens with zero attached hydrogens (tertiary/aromatic N) is 1. The minimum absolute atomic E-state index is 0.00449. The van der Waals surface area contributed by atoms with Gasteiger partial charge in [-0.05, 0) is 16.7 Å². The lowest BCUT2D eigenvalue weighted by Crippen LogP contribution is -2.58. The third kappa shape index (κ3) is 3.21. The fourth-order valence-electron chi connectivity index (χ4n) is 3.81. The molecule has 2 unspecified atom stereocenters. The number of aliphatic carboxylic acids is 1. The van der Waals surface area contributed by atoms with Crippen molar-refractivity contribution in [1.29, 1.82) is 0 Å². The van der Waals surface area contributed by atoms with Crippen LogP contribution in [-0.4, -0.2) is 50.8 Å². The lowest BCUT2D eigenvalue weighted by Gasteiger charge is -2.36. The first-order valence-corrected chi connectivity index (χ1v) is 9.34. The zero-order chi connectivity index (χ0) is 17.7. The van der Waals surface area contributed by atoms with E-state index in [1.165, 1.54) is 4.90 Å². The Kier molecular flexibility index (Phi) is 4.74. The number of piperidine rings is 1. The molecule has 4 atom stereocenters. The van der Waals surface area contributed by atoms with E-state index in [1.807, 2.05) is 43.4 Å². The van der Waals surface area contributed by atoms with Gasteiger partial charge in [0.15, 0.2) is 0 Å². The Balaban J connectivity index is 2.23. The van der Waals surface area contributed by atoms with Crippen molar-refractivity contribution in [2.45, 2.75) is 46.7 Å². The second kappa shape index (κ2) is 5.89. The van der Waals surface area contributed by atoms with Gasteiger partial charge in [-0.3, -0.25) is 9.59 Å². The van der Waals surface area contributed by atoms with Crippen LogP contribution in [-0.2, 0) is 14.4 Å². The van der Waals surface area contributed by atoms with Gasteiger partial charge in [0.2, 0.25) is 11.8 Å². The minimum atomic E-state index is -0.954. The Morgan fingerprint density at radius 3 is 2.35 bits per heavy atom. The van der Waals surface area contributed by atoms with Crippen LogP contribution in [0.25, 0.3) is 0 Å². The Hall–Kier alpha value is -0.860. The number of fused-ring (bicyclic) bond motifs is 1. The summed E-state index contributed by atoms with van der Waals surface area (Å²) in [5.74, 6) is -1.22. The van der Waals surface area contributed by atoms with Crippen LogP contribution >= 0.6 is 22.6 Å². The molecule has 1 aliphatic carbocycles. The van der Waals surface area contributed by atoms with Crippen LogP contribution in [0.15, 0.2) is 0 Å². The lowest BCUT2D eigenvalue weighted by atomic mass is 9.85. The van der Waals surface area contributed by atoms with Gasteiger partial charge in [-0.25, -0.2) is 4.79 Å². The third-order valence-electron chi connectivity index (χ3n) is 5.28. The topological polar surface area (TPSA) is 86.7 Å². The van der Waals surface area contributed by atoms with E-state index >= 15 is 0 Å². The Bertz CT molecular complexity index is 541. The van der Waals surface area contributed by atoms with E-state index in [0.717, 1.165) is 0 Å². The van der Waals surface area contributed by atoms with Crippen LogP contribution in [0.4, 0.5) is 0 Å². The fourth-order valence-corrected chi connectivity index (χ4v) is 4.03. The Morgan fingerprint density at radius 1 is 1.35 bits per heavy atom. The molecule has 0 aromatic rings. The van der Waals surface area contributed by atoms with Crippen LogP contribution in [0, 0.1) is 22.7 Å². The molecule has 7 heteroatoms. The number of nitrogens with one attached hydrogen (secondary N) is 1. The molecule has 2 rings (SSSR count). The number of likely N-dealkylation sites (tertiary alicyclic amines) is 1. The zero-order valence-electron chi connectivity index (χ0n) is 14.2. The molecule has 2 amide bonds. The van der Waals surface area contributed by atoms with Crippen molar-refractivity contribution in [3.8, 4) is 0 Å². The van der Waals surface area contributed by atoms with E-state index < -0.39 is 23.5 Å². The summed E-state index contributed by atoms with van der Waals surface area (Å²) in [7, 11) is 0. The molecule has 1 saturated carbocycles. The summed E-state index contributed by atoms with van der Waals surface area (Å²) in [6, 6.07) is -1.50. The minimum Gasteiger partial charge on any atom is -0.480 e. The maximum atomic E-state index is 13.0. The number of carboxylic acids is 1. The molecular formula is C16H25IN2O4. The van der Waals surface area contributed by atoms with Crippen LogP contribution in [0.3, 0.4) is 0 Å². The van der Waals surface area contributed by atoms with Gasteiger partial charge < -0.3 is 15.3 Å². The first-order valence-electron chi connectivity index (χ1n) is 7.81. The number of carbonyl (C=O) groups is 3. The molecule has 0 aromatic carbocycles. The van der Waals surface area contributed by atoms with E-state index in [1.54, 1.807) is 0 Å². The molecule has 6 nitrogen and oxygen atoms in total. The SMILES string of the molecule is CC1(C)C2CN(C(=O)[C@@H](NC(=O)CI)C(C)(C)C)[C@H](C(=O)O)C21. The van der Waals surface area contributed by atoms with Crippen LogP contribution < -0.4 is 5.32 Å². The molecule has 2 N–H and O–H groups in total. The normalized spacial score (nSPS) is 29.7.